The molecule has 1 unspecified atom stereocenters. The predicted octanol–water partition coefficient (Wildman–Crippen LogP) is 2.15. The molecule has 0 spiro atoms. The monoisotopic (exact) mass is 256 g/mol. The highest BCUT2D eigenvalue weighted by atomic mass is 16.5. The summed E-state index contributed by atoms with van der Waals surface area (Å²) in [5.41, 5.74) is 0.00546. The lowest BCUT2D eigenvalue weighted by Gasteiger charge is -2.31. The summed E-state index contributed by atoms with van der Waals surface area (Å²) in [5.74, 6) is 0.601. The van der Waals surface area contributed by atoms with Crippen LogP contribution in [-0.2, 0) is 11.3 Å². The van der Waals surface area contributed by atoms with Crippen LogP contribution in [0.5, 0.6) is 5.75 Å². The first kappa shape index (κ1) is 15.0. The molecule has 1 aromatic heterocycles. The maximum absolute atomic E-state index is 10.5. The topological polar surface area (TPSA) is 56.5 Å². The van der Waals surface area contributed by atoms with Gasteiger partial charge < -0.3 is 14.6 Å². The number of rotatable bonds is 7. The maximum atomic E-state index is 10.5. The molecule has 0 saturated heterocycles. The highest BCUT2D eigenvalue weighted by molar-refractivity contribution is 5.29. The van der Waals surface area contributed by atoms with Crippen molar-refractivity contribution in [2.75, 3.05) is 13.7 Å². The summed E-state index contributed by atoms with van der Waals surface area (Å²) in [5, 5.41) is 14.8. The summed E-state index contributed by atoms with van der Waals surface area (Å²) < 4.78 is 12.7. The van der Waals surface area contributed by atoms with Crippen molar-refractivity contribution in [2.24, 2.45) is 0 Å². The molecule has 0 aliphatic rings. The third kappa shape index (κ3) is 3.03. The van der Waals surface area contributed by atoms with E-state index >= 15 is 0 Å². The van der Waals surface area contributed by atoms with Gasteiger partial charge in [-0.1, -0.05) is 6.92 Å². The zero-order valence-corrected chi connectivity index (χ0v) is 11.9. The third-order valence-electron chi connectivity index (χ3n) is 2.93. The second-order valence-corrected chi connectivity index (χ2v) is 4.76. The molecule has 104 valence electrons. The van der Waals surface area contributed by atoms with Crippen molar-refractivity contribution < 1.29 is 14.6 Å². The van der Waals surface area contributed by atoms with Crippen LogP contribution in [0.3, 0.4) is 0 Å². The quantitative estimate of drug-likeness (QED) is 0.812. The number of ether oxygens (including phenoxy) is 2. The first-order valence-electron chi connectivity index (χ1n) is 6.39. The summed E-state index contributed by atoms with van der Waals surface area (Å²) in [6.07, 6.45) is 1.80. The van der Waals surface area contributed by atoms with Gasteiger partial charge in [0.15, 0.2) is 5.75 Å². The van der Waals surface area contributed by atoms with Crippen molar-refractivity contribution in [3.05, 3.63) is 11.9 Å². The molecule has 1 aromatic rings. The van der Waals surface area contributed by atoms with Crippen molar-refractivity contribution >= 4 is 0 Å². The lowest BCUT2D eigenvalue weighted by molar-refractivity contribution is -0.102. The second kappa shape index (κ2) is 6.20. The fraction of sp³-hybridized carbons (Fsp3) is 0.769. The fourth-order valence-corrected chi connectivity index (χ4v) is 1.98. The molecule has 0 fully saturated rings. The van der Waals surface area contributed by atoms with E-state index in [0.717, 1.165) is 13.0 Å². The number of aliphatic hydroxyl groups is 1. The van der Waals surface area contributed by atoms with E-state index in [1.807, 2.05) is 20.8 Å². The third-order valence-corrected chi connectivity index (χ3v) is 2.93. The van der Waals surface area contributed by atoms with Crippen LogP contribution in [-0.4, -0.2) is 34.2 Å². The number of aromatic nitrogens is 2. The van der Waals surface area contributed by atoms with Gasteiger partial charge >= 0.3 is 0 Å². The van der Waals surface area contributed by atoms with Gasteiger partial charge in [0.05, 0.1) is 18.9 Å². The van der Waals surface area contributed by atoms with Crippen molar-refractivity contribution in [1.82, 2.24) is 9.78 Å². The molecule has 5 heteroatoms. The fourth-order valence-electron chi connectivity index (χ4n) is 1.98. The maximum Gasteiger partial charge on any atom is 0.162 e. The van der Waals surface area contributed by atoms with Crippen molar-refractivity contribution in [3.8, 4) is 5.75 Å². The molecule has 1 atom stereocenters. The van der Waals surface area contributed by atoms with Crippen LogP contribution in [0.1, 0.15) is 45.9 Å². The van der Waals surface area contributed by atoms with Crippen molar-refractivity contribution in [2.45, 2.75) is 52.4 Å². The SMILES string of the molecule is CCCn1ncc(OC)c1C(O)C(C)(C)OCC. The molecular formula is C13H24N2O3. The lowest BCUT2D eigenvalue weighted by Crippen LogP contribution is -2.34. The number of methoxy groups -OCH3 is 1. The number of hydrogen-bond donors (Lipinski definition) is 1. The Balaban J connectivity index is 3.09. The predicted molar refractivity (Wildman–Crippen MR) is 69.7 cm³/mol. The molecule has 0 aromatic carbocycles. The van der Waals surface area contributed by atoms with E-state index < -0.39 is 11.7 Å². The van der Waals surface area contributed by atoms with E-state index in [1.165, 1.54) is 0 Å². The zero-order chi connectivity index (χ0) is 13.8. The average Bonchev–Trinajstić information content (AvgIpc) is 2.71. The largest absolute Gasteiger partial charge is 0.493 e. The summed E-state index contributed by atoms with van der Waals surface area (Å²) >= 11 is 0. The second-order valence-electron chi connectivity index (χ2n) is 4.76. The summed E-state index contributed by atoms with van der Waals surface area (Å²) in [6, 6.07) is 0. The molecule has 0 aliphatic carbocycles. The Bertz CT molecular complexity index is 374. The molecule has 1 N–H and O–H groups in total. The minimum absolute atomic E-state index is 0.550. The number of nitrogens with zero attached hydrogens (tertiary/aromatic N) is 2. The van der Waals surface area contributed by atoms with Crippen LogP contribution < -0.4 is 4.74 Å². The number of hydrogen-bond acceptors (Lipinski definition) is 4. The van der Waals surface area contributed by atoms with E-state index in [2.05, 4.69) is 12.0 Å². The summed E-state index contributed by atoms with van der Waals surface area (Å²) in [7, 11) is 1.58. The van der Waals surface area contributed by atoms with Gasteiger partial charge in [0.2, 0.25) is 0 Å². The molecule has 0 radical (unpaired) electrons. The smallest absolute Gasteiger partial charge is 0.162 e. The molecule has 1 rings (SSSR count). The van der Waals surface area contributed by atoms with Crippen LogP contribution in [0.2, 0.25) is 0 Å². The van der Waals surface area contributed by atoms with Gasteiger partial charge in [-0.2, -0.15) is 5.10 Å². The van der Waals surface area contributed by atoms with Gasteiger partial charge in [-0.05, 0) is 27.2 Å². The number of aryl methyl sites for hydroxylation is 1. The molecule has 18 heavy (non-hydrogen) atoms. The minimum Gasteiger partial charge on any atom is -0.493 e. The highest BCUT2D eigenvalue weighted by Gasteiger charge is 2.34. The van der Waals surface area contributed by atoms with E-state index in [9.17, 15) is 5.11 Å². The van der Waals surface area contributed by atoms with Gasteiger partial charge in [0, 0.05) is 13.2 Å². The van der Waals surface area contributed by atoms with Crippen LogP contribution in [0.25, 0.3) is 0 Å². The Kier molecular flexibility index (Phi) is 5.16. The first-order valence-corrected chi connectivity index (χ1v) is 6.39. The molecule has 0 saturated carbocycles. The van der Waals surface area contributed by atoms with Crippen LogP contribution >= 0.6 is 0 Å². The first-order chi connectivity index (χ1) is 8.47. The Hall–Kier alpha value is -1.07. The van der Waals surface area contributed by atoms with E-state index in [1.54, 1.807) is 18.0 Å². The van der Waals surface area contributed by atoms with Gasteiger partial charge in [0.1, 0.15) is 11.8 Å². The minimum atomic E-state index is -0.776. The summed E-state index contributed by atoms with van der Waals surface area (Å²) in [6.45, 7) is 9.01. The molecule has 0 aliphatic heterocycles. The summed E-state index contributed by atoms with van der Waals surface area (Å²) in [4.78, 5) is 0. The Labute approximate surface area is 109 Å². The average molecular weight is 256 g/mol. The Morgan fingerprint density at radius 3 is 2.61 bits per heavy atom. The number of aliphatic hydroxyl groups excluding tert-OH is 1. The van der Waals surface area contributed by atoms with Gasteiger partial charge in [-0.3, -0.25) is 4.68 Å². The molecule has 5 nitrogen and oxygen atoms in total. The molecular weight excluding hydrogens is 232 g/mol. The van der Waals surface area contributed by atoms with Gasteiger partial charge in [-0.25, -0.2) is 0 Å². The van der Waals surface area contributed by atoms with Crippen molar-refractivity contribution in [1.29, 1.82) is 0 Å². The zero-order valence-electron chi connectivity index (χ0n) is 11.9. The van der Waals surface area contributed by atoms with E-state index in [4.69, 9.17) is 9.47 Å². The van der Waals surface area contributed by atoms with E-state index in [-0.39, 0.29) is 0 Å². The highest BCUT2D eigenvalue weighted by Crippen LogP contribution is 2.34. The molecule has 0 bridgehead atoms. The van der Waals surface area contributed by atoms with Crippen molar-refractivity contribution in [3.63, 3.8) is 0 Å². The van der Waals surface area contributed by atoms with Crippen LogP contribution in [0.4, 0.5) is 0 Å². The Morgan fingerprint density at radius 2 is 2.11 bits per heavy atom. The van der Waals surface area contributed by atoms with Gasteiger partial charge in [0.25, 0.3) is 0 Å². The van der Waals surface area contributed by atoms with E-state index in [0.29, 0.717) is 18.1 Å². The van der Waals surface area contributed by atoms with Gasteiger partial charge in [-0.15, -0.1) is 0 Å². The Morgan fingerprint density at radius 1 is 1.44 bits per heavy atom. The lowest BCUT2D eigenvalue weighted by atomic mass is 9.98. The normalized spacial score (nSPS) is 13.7. The van der Waals surface area contributed by atoms with Crippen LogP contribution in [0, 0.1) is 0 Å². The molecule has 1 heterocycles. The molecule has 0 amide bonds. The van der Waals surface area contributed by atoms with Crippen LogP contribution in [0.15, 0.2) is 6.20 Å². The standard InChI is InChI=1S/C13H24N2O3/c1-6-8-15-11(10(17-5)9-14-15)12(16)13(3,4)18-7-2/h9,12,16H,6-8H2,1-5H3.